The van der Waals surface area contributed by atoms with Crippen LogP contribution in [0.15, 0.2) is 0 Å². The van der Waals surface area contributed by atoms with Gasteiger partial charge in [-0.3, -0.25) is 0 Å². The van der Waals surface area contributed by atoms with E-state index in [4.69, 9.17) is 15.2 Å². The van der Waals surface area contributed by atoms with Crippen LogP contribution < -0.4 is 5.73 Å². The Morgan fingerprint density at radius 1 is 1.38 bits per heavy atom. The van der Waals surface area contributed by atoms with E-state index in [9.17, 15) is 5.11 Å². The van der Waals surface area contributed by atoms with Gasteiger partial charge in [-0.25, -0.2) is 0 Å². The van der Waals surface area contributed by atoms with Crippen LogP contribution in [-0.4, -0.2) is 43.2 Å². The average Bonchev–Trinajstić information content (AvgIpc) is 2.30. The molecule has 1 fully saturated rings. The summed E-state index contributed by atoms with van der Waals surface area (Å²) >= 11 is 0. The highest BCUT2D eigenvalue weighted by Gasteiger charge is 2.17. The topological polar surface area (TPSA) is 64.7 Å². The van der Waals surface area contributed by atoms with E-state index in [0.717, 1.165) is 51.9 Å². The van der Waals surface area contributed by atoms with E-state index in [1.54, 1.807) is 6.92 Å². The summed E-state index contributed by atoms with van der Waals surface area (Å²) < 4.78 is 11.0. The van der Waals surface area contributed by atoms with Gasteiger partial charge in [0.05, 0.1) is 11.7 Å². The first-order valence-corrected chi connectivity index (χ1v) is 6.26. The van der Waals surface area contributed by atoms with Gasteiger partial charge in [-0.15, -0.1) is 0 Å². The third kappa shape index (κ3) is 5.80. The predicted molar refractivity (Wildman–Crippen MR) is 63.3 cm³/mol. The lowest BCUT2D eigenvalue weighted by molar-refractivity contribution is -0.0339. The van der Waals surface area contributed by atoms with Gasteiger partial charge in [0.25, 0.3) is 0 Å². The molecule has 16 heavy (non-hydrogen) atoms. The molecule has 1 atom stereocenters. The van der Waals surface area contributed by atoms with Gasteiger partial charge in [-0.1, -0.05) is 0 Å². The van der Waals surface area contributed by atoms with Crippen LogP contribution in [0.25, 0.3) is 0 Å². The molecule has 96 valence electrons. The van der Waals surface area contributed by atoms with Crippen molar-refractivity contribution < 1.29 is 14.6 Å². The summed E-state index contributed by atoms with van der Waals surface area (Å²) in [5.41, 5.74) is 4.73. The first-order chi connectivity index (χ1) is 7.64. The van der Waals surface area contributed by atoms with Crippen LogP contribution in [0.1, 0.15) is 39.0 Å². The number of rotatable bonds is 7. The fraction of sp³-hybridized carbons (Fsp3) is 1.00. The standard InChI is InChI=1S/C12H25NO3/c1-12(14,10-13)6-2-3-7-16-11-4-8-15-9-5-11/h11,14H,2-10,13H2,1H3. The Labute approximate surface area is 98.1 Å². The zero-order valence-corrected chi connectivity index (χ0v) is 10.3. The second kappa shape index (κ2) is 7.22. The number of hydrogen-bond acceptors (Lipinski definition) is 4. The Hall–Kier alpha value is -0.160. The van der Waals surface area contributed by atoms with Gasteiger partial charge in [-0.2, -0.15) is 0 Å². The van der Waals surface area contributed by atoms with Gasteiger partial charge < -0.3 is 20.3 Å². The maximum atomic E-state index is 9.69. The van der Waals surface area contributed by atoms with Gasteiger partial charge in [0.15, 0.2) is 0 Å². The van der Waals surface area contributed by atoms with E-state index in [1.807, 2.05) is 0 Å². The van der Waals surface area contributed by atoms with Crippen molar-refractivity contribution in [3.63, 3.8) is 0 Å². The average molecular weight is 231 g/mol. The summed E-state index contributed by atoms with van der Waals surface area (Å²) in [4.78, 5) is 0. The number of aliphatic hydroxyl groups is 1. The van der Waals surface area contributed by atoms with Crippen molar-refractivity contribution in [1.29, 1.82) is 0 Å². The number of unbranched alkanes of at least 4 members (excludes halogenated alkanes) is 1. The third-order valence-electron chi connectivity index (χ3n) is 3.07. The van der Waals surface area contributed by atoms with Crippen molar-refractivity contribution in [2.45, 2.75) is 50.7 Å². The quantitative estimate of drug-likeness (QED) is 0.643. The van der Waals surface area contributed by atoms with E-state index in [1.165, 1.54) is 0 Å². The predicted octanol–water partition coefficient (Wildman–Crippen LogP) is 1.06. The monoisotopic (exact) mass is 231 g/mol. The maximum absolute atomic E-state index is 9.69. The van der Waals surface area contributed by atoms with E-state index in [2.05, 4.69) is 0 Å². The van der Waals surface area contributed by atoms with Crippen LogP contribution >= 0.6 is 0 Å². The summed E-state index contributed by atoms with van der Waals surface area (Å²) in [5.74, 6) is 0. The Morgan fingerprint density at radius 3 is 2.69 bits per heavy atom. The van der Waals surface area contributed by atoms with E-state index >= 15 is 0 Å². The Balaban J connectivity index is 1.95. The molecule has 4 heteroatoms. The molecule has 0 amide bonds. The summed E-state index contributed by atoms with van der Waals surface area (Å²) in [7, 11) is 0. The minimum atomic E-state index is -0.710. The Kier molecular flexibility index (Phi) is 6.28. The highest BCUT2D eigenvalue weighted by molar-refractivity contribution is 4.72. The van der Waals surface area contributed by atoms with E-state index in [0.29, 0.717) is 12.6 Å². The van der Waals surface area contributed by atoms with Gasteiger partial charge in [0.2, 0.25) is 0 Å². The number of nitrogens with two attached hydrogens (primary N) is 1. The van der Waals surface area contributed by atoms with Crippen LogP contribution in [0, 0.1) is 0 Å². The highest BCUT2D eigenvalue weighted by Crippen LogP contribution is 2.14. The molecule has 0 aromatic heterocycles. The molecule has 0 radical (unpaired) electrons. The molecule has 0 spiro atoms. The van der Waals surface area contributed by atoms with Crippen molar-refractivity contribution in [3.05, 3.63) is 0 Å². The Morgan fingerprint density at radius 2 is 2.06 bits per heavy atom. The summed E-state index contributed by atoms with van der Waals surface area (Å²) in [5, 5.41) is 9.69. The smallest absolute Gasteiger partial charge is 0.0741 e. The lowest BCUT2D eigenvalue weighted by Gasteiger charge is -2.23. The van der Waals surface area contributed by atoms with Gasteiger partial charge >= 0.3 is 0 Å². The van der Waals surface area contributed by atoms with Gasteiger partial charge in [0.1, 0.15) is 0 Å². The molecule has 1 aliphatic heterocycles. The second-order valence-electron chi connectivity index (χ2n) is 4.84. The van der Waals surface area contributed by atoms with E-state index in [-0.39, 0.29) is 0 Å². The molecule has 1 heterocycles. The maximum Gasteiger partial charge on any atom is 0.0741 e. The molecule has 1 unspecified atom stereocenters. The van der Waals surface area contributed by atoms with Crippen LogP contribution in [0.2, 0.25) is 0 Å². The minimum Gasteiger partial charge on any atom is -0.389 e. The molecule has 0 aromatic rings. The molecule has 1 aliphatic rings. The molecule has 1 saturated heterocycles. The van der Waals surface area contributed by atoms with Crippen LogP contribution in [0.5, 0.6) is 0 Å². The molecule has 0 saturated carbocycles. The fourth-order valence-corrected chi connectivity index (χ4v) is 1.80. The van der Waals surface area contributed by atoms with E-state index < -0.39 is 5.60 Å². The lowest BCUT2D eigenvalue weighted by atomic mass is 9.99. The molecule has 4 nitrogen and oxygen atoms in total. The normalized spacial score (nSPS) is 21.9. The summed E-state index contributed by atoms with van der Waals surface area (Å²) in [6.45, 7) is 4.55. The molecule has 1 rings (SSSR count). The zero-order chi connectivity index (χ0) is 11.9. The number of hydrogen-bond donors (Lipinski definition) is 2. The van der Waals surface area contributed by atoms with Crippen molar-refractivity contribution in [1.82, 2.24) is 0 Å². The lowest BCUT2D eigenvalue weighted by Crippen LogP contribution is -2.34. The minimum absolute atomic E-state index is 0.327. The SMILES string of the molecule is CC(O)(CN)CCCCOC1CCOCC1. The molecule has 0 aromatic carbocycles. The van der Waals surface area contributed by atoms with Crippen molar-refractivity contribution >= 4 is 0 Å². The largest absolute Gasteiger partial charge is 0.389 e. The molecule has 0 aliphatic carbocycles. The van der Waals surface area contributed by atoms with Crippen LogP contribution in [0.3, 0.4) is 0 Å². The molecular weight excluding hydrogens is 206 g/mol. The van der Waals surface area contributed by atoms with Crippen LogP contribution in [-0.2, 0) is 9.47 Å². The van der Waals surface area contributed by atoms with Crippen molar-refractivity contribution in [2.75, 3.05) is 26.4 Å². The number of ether oxygens (including phenoxy) is 2. The third-order valence-corrected chi connectivity index (χ3v) is 3.07. The summed E-state index contributed by atoms with van der Waals surface area (Å²) in [6, 6.07) is 0. The molecule has 0 bridgehead atoms. The molecular formula is C12H25NO3. The van der Waals surface area contributed by atoms with Crippen molar-refractivity contribution in [3.8, 4) is 0 Å². The Bertz CT molecular complexity index is 179. The zero-order valence-electron chi connectivity index (χ0n) is 10.3. The van der Waals surface area contributed by atoms with Gasteiger partial charge in [0, 0.05) is 26.4 Å². The van der Waals surface area contributed by atoms with Gasteiger partial charge in [-0.05, 0) is 39.0 Å². The summed E-state index contributed by atoms with van der Waals surface area (Å²) in [6.07, 6.45) is 5.12. The second-order valence-corrected chi connectivity index (χ2v) is 4.84. The molecule has 3 N–H and O–H groups in total. The fourth-order valence-electron chi connectivity index (χ4n) is 1.80. The highest BCUT2D eigenvalue weighted by atomic mass is 16.5. The first-order valence-electron chi connectivity index (χ1n) is 6.26. The van der Waals surface area contributed by atoms with Crippen molar-refractivity contribution in [2.24, 2.45) is 5.73 Å². The van der Waals surface area contributed by atoms with Crippen LogP contribution in [0.4, 0.5) is 0 Å². The first kappa shape index (κ1) is 13.9.